The molecule has 0 radical (unpaired) electrons. The Kier molecular flexibility index (Phi) is 3.52. The smallest absolute Gasteiger partial charge is 0.347 e. The highest BCUT2D eigenvalue weighted by Gasteiger charge is 2.23. The van der Waals surface area contributed by atoms with Gasteiger partial charge in [0.15, 0.2) is 0 Å². The molecule has 3 rings (SSSR count). The average Bonchev–Trinajstić information content (AvgIpc) is 2.46. The number of fused-ring (bicyclic) bond motifs is 1. The molecule has 0 amide bonds. The standard InChI is InChI=1S/C13H21N5O/c1-2-17-5-7-18(8-6-17)12-10-9-14-4-3-11(10)15-13(19)16-12/h14H,2-9H2,1H3,(H,15,16,19). The topological polar surface area (TPSA) is 64.3 Å². The van der Waals surface area contributed by atoms with Crippen molar-refractivity contribution in [3.63, 3.8) is 0 Å². The number of H-pyrrole nitrogens is 1. The van der Waals surface area contributed by atoms with Gasteiger partial charge in [0.25, 0.3) is 0 Å². The minimum Gasteiger partial charge on any atom is -0.354 e. The number of rotatable bonds is 2. The summed E-state index contributed by atoms with van der Waals surface area (Å²) in [5.74, 6) is 0.890. The molecule has 6 heteroatoms. The van der Waals surface area contributed by atoms with Crippen LogP contribution in [0.4, 0.5) is 5.82 Å². The van der Waals surface area contributed by atoms with Gasteiger partial charge in [-0.05, 0) is 6.54 Å². The highest BCUT2D eigenvalue weighted by molar-refractivity contribution is 5.49. The zero-order valence-corrected chi connectivity index (χ0v) is 11.4. The van der Waals surface area contributed by atoms with Gasteiger partial charge in [0.05, 0.1) is 0 Å². The first-order valence-corrected chi connectivity index (χ1v) is 7.08. The summed E-state index contributed by atoms with van der Waals surface area (Å²) in [5.41, 5.74) is 2.02. The van der Waals surface area contributed by atoms with E-state index in [1.165, 1.54) is 5.56 Å². The Morgan fingerprint density at radius 1 is 1.26 bits per heavy atom. The van der Waals surface area contributed by atoms with Crippen LogP contribution in [0.1, 0.15) is 18.2 Å². The van der Waals surface area contributed by atoms with Gasteiger partial charge in [0, 0.05) is 56.9 Å². The fourth-order valence-electron chi connectivity index (χ4n) is 2.89. The summed E-state index contributed by atoms with van der Waals surface area (Å²) in [6, 6.07) is 0. The number of aromatic amines is 1. The maximum atomic E-state index is 11.7. The van der Waals surface area contributed by atoms with E-state index in [-0.39, 0.29) is 5.69 Å². The Morgan fingerprint density at radius 3 is 2.79 bits per heavy atom. The Bertz CT molecular complexity index is 504. The van der Waals surface area contributed by atoms with Crippen LogP contribution in [0.5, 0.6) is 0 Å². The fourth-order valence-corrected chi connectivity index (χ4v) is 2.89. The first-order chi connectivity index (χ1) is 9.28. The van der Waals surface area contributed by atoms with Gasteiger partial charge in [-0.15, -0.1) is 0 Å². The van der Waals surface area contributed by atoms with Crippen LogP contribution in [0, 0.1) is 0 Å². The minimum atomic E-state index is -0.214. The second kappa shape index (κ2) is 5.30. The summed E-state index contributed by atoms with van der Waals surface area (Å²) in [6.07, 6.45) is 0.884. The van der Waals surface area contributed by atoms with Crippen molar-refractivity contribution < 1.29 is 0 Å². The molecule has 0 bridgehead atoms. The summed E-state index contributed by atoms with van der Waals surface area (Å²) in [7, 11) is 0. The zero-order valence-electron chi connectivity index (χ0n) is 11.4. The second-order valence-corrected chi connectivity index (χ2v) is 5.17. The summed E-state index contributed by atoms with van der Waals surface area (Å²) >= 11 is 0. The maximum absolute atomic E-state index is 11.7. The third-order valence-corrected chi connectivity index (χ3v) is 4.07. The lowest BCUT2D eigenvalue weighted by atomic mass is 10.1. The van der Waals surface area contributed by atoms with Gasteiger partial charge in [-0.1, -0.05) is 6.92 Å². The monoisotopic (exact) mass is 263 g/mol. The predicted octanol–water partition coefficient (Wildman–Crippen LogP) is -0.442. The van der Waals surface area contributed by atoms with Crippen molar-refractivity contribution >= 4 is 5.82 Å². The van der Waals surface area contributed by atoms with Crippen molar-refractivity contribution in [1.29, 1.82) is 0 Å². The van der Waals surface area contributed by atoms with Crippen molar-refractivity contribution in [2.24, 2.45) is 0 Å². The van der Waals surface area contributed by atoms with Crippen molar-refractivity contribution in [3.05, 3.63) is 21.7 Å². The van der Waals surface area contributed by atoms with E-state index in [4.69, 9.17) is 0 Å². The molecule has 0 aromatic carbocycles. The molecule has 0 atom stereocenters. The van der Waals surface area contributed by atoms with Crippen LogP contribution >= 0.6 is 0 Å². The number of nitrogens with one attached hydrogen (secondary N) is 2. The van der Waals surface area contributed by atoms with Crippen LogP contribution in [0.3, 0.4) is 0 Å². The molecule has 1 aromatic rings. The molecule has 2 aliphatic rings. The highest BCUT2D eigenvalue weighted by atomic mass is 16.1. The number of likely N-dealkylation sites (N-methyl/N-ethyl adjacent to an activating group) is 1. The molecule has 104 valence electrons. The van der Waals surface area contributed by atoms with Gasteiger partial charge in [0.1, 0.15) is 5.82 Å². The van der Waals surface area contributed by atoms with E-state index in [9.17, 15) is 4.79 Å². The molecule has 2 aliphatic heterocycles. The van der Waals surface area contributed by atoms with E-state index in [2.05, 4.69) is 32.0 Å². The first kappa shape index (κ1) is 12.6. The lowest BCUT2D eigenvalue weighted by Gasteiger charge is -2.36. The molecule has 1 fully saturated rings. The summed E-state index contributed by atoms with van der Waals surface area (Å²) in [4.78, 5) is 23.5. The van der Waals surface area contributed by atoms with E-state index >= 15 is 0 Å². The number of piperazine rings is 1. The van der Waals surface area contributed by atoms with Crippen molar-refractivity contribution in [3.8, 4) is 0 Å². The predicted molar refractivity (Wildman–Crippen MR) is 74.6 cm³/mol. The molecule has 1 saturated heterocycles. The van der Waals surface area contributed by atoms with Gasteiger partial charge in [0.2, 0.25) is 0 Å². The summed E-state index contributed by atoms with van der Waals surface area (Å²) in [6.45, 7) is 9.02. The van der Waals surface area contributed by atoms with Crippen LogP contribution in [-0.4, -0.2) is 54.1 Å². The van der Waals surface area contributed by atoms with Gasteiger partial charge in [-0.3, -0.25) is 0 Å². The number of aromatic nitrogens is 2. The normalized spacial score (nSPS) is 20.4. The zero-order chi connectivity index (χ0) is 13.2. The largest absolute Gasteiger partial charge is 0.354 e. The van der Waals surface area contributed by atoms with Gasteiger partial charge in [-0.25, -0.2) is 4.79 Å². The SMILES string of the molecule is CCN1CCN(c2nc(=O)[nH]c3c2CNCC3)CC1. The third-order valence-electron chi connectivity index (χ3n) is 4.07. The van der Waals surface area contributed by atoms with E-state index < -0.39 is 0 Å². The van der Waals surface area contributed by atoms with Gasteiger partial charge >= 0.3 is 5.69 Å². The van der Waals surface area contributed by atoms with Crippen LogP contribution in [0.15, 0.2) is 4.79 Å². The molecule has 1 aromatic heterocycles. The third kappa shape index (κ3) is 2.50. The van der Waals surface area contributed by atoms with Gasteiger partial charge < -0.3 is 20.1 Å². The Morgan fingerprint density at radius 2 is 2.05 bits per heavy atom. The van der Waals surface area contributed by atoms with Crippen molar-refractivity contribution in [1.82, 2.24) is 20.2 Å². The second-order valence-electron chi connectivity index (χ2n) is 5.17. The van der Waals surface area contributed by atoms with Crippen LogP contribution in [0.25, 0.3) is 0 Å². The van der Waals surface area contributed by atoms with Gasteiger partial charge in [-0.2, -0.15) is 4.98 Å². The van der Waals surface area contributed by atoms with Crippen molar-refractivity contribution in [2.45, 2.75) is 19.9 Å². The molecular formula is C13H21N5O. The molecule has 19 heavy (non-hydrogen) atoms. The average molecular weight is 263 g/mol. The summed E-state index contributed by atoms with van der Waals surface area (Å²) < 4.78 is 0. The lowest BCUT2D eigenvalue weighted by Crippen LogP contribution is -2.47. The van der Waals surface area contributed by atoms with E-state index in [1.54, 1.807) is 0 Å². The Balaban J connectivity index is 1.88. The lowest BCUT2D eigenvalue weighted by molar-refractivity contribution is 0.270. The molecule has 2 N–H and O–H groups in total. The van der Waals surface area contributed by atoms with E-state index in [0.29, 0.717) is 0 Å². The Labute approximate surface area is 112 Å². The van der Waals surface area contributed by atoms with E-state index in [1.807, 2.05) is 0 Å². The molecule has 0 aliphatic carbocycles. The minimum absolute atomic E-state index is 0.214. The molecule has 6 nitrogen and oxygen atoms in total. The quantitative estimate of drug-likeness (QED) is 0.757. The van der Waals surface area contributed by atoms with E-state index in [0.717, 1.165) is 63.7 Å². The Hall–Kier alpha value is -1.40. The first-order valence-electron chi connectivity index (χ1n) is 7.08. The molecule has 3 heterocycles. The van der Waals surface area contributed by atoms with Crippen LogP contribution in [0.2, 0.25) is 0 Å². The molecule has 0 saturated carbocycles. The van der Waals surface area contributed by atoms with Crippen LogP contribution < -0.4 is 15.9 Å². The van der Waals surface area contributed by atoms with Crippen LogP contribution in [-0.2, 0) is 13.0 Å². The number of hydrogen-bond donors (Lipinski definition) is 2. The van der Waals surface area contributed by atoms with Crippen molar-refractivity contribution in [2.75, 3.05) is 44.2 Å². The number of hydrogen-bond acceptors (Lipinski definition) is 5. The molecule has 0 spiro atoms. The summed E-state index contributed by atoms with van der Waals surface area (Å²) in [5, 5.41) is 3.36. The number of nitrogens with zero attached hydrogens (tertiary/aromatic N) is 3. The number of anilines is 1. The molecule has 0 unspecified atom stereocenters. The maximum Gasteiger partial charge on any atom is 0.347 e. The highest BCUT2D eigenvalue weighted by Crippen LogP contribution is 2.22. The fraction of sp³-hybridized carbons (Fsp3) is 0.692. The molecular weight excluding hydrogens is 242 g/mol.